The Bertz CT molecular complexity index is 780. The van der Waals surface area contributed by atoms with Gasteiger partial charge in [0, 0.05) is 17.9 Å². The van der Waals surface area contributed by atoms with Gasteiger partial charge in [-0.1, -0.05) is 25.0 Å². The van der Waals surface area contributed by atoms with Crippen LogP contribution < -0.4 is 10.6 Å². The summed E-state index contributed by atoms with van der Waals surface area (Å²) in [7, 11) is 0. The van der Waals surface area contributed by atoms with Crippen LogP contribution in [0, 0.1) is 0 Å². The molecule has 0 unspecified atom stereocenters. The molecule has 6 nitrogen and oxygen atoms in total. The Morgan fingerprint density at radius 2 is 1.46 bits per heavy atom. The number of carboxylic acids is 1. The quantitative estimate of drug-likeness (QED) is 0.679. The molecule has 1 saturated heterocycles. The fraction of sp³-hybridized carbons (Fsp3) is 0.364. The molecule has 1 aliphatic heterocycles. The average Bonchev–Trinajstić information content (AvgIpc) is 2.96. The Kier molecular flexibility index (Phi) is 7.03. The normalized spacial score (nSPS) is 14.9. The lowest BCUT2D eigenvalue weighted by molar-refractivity contribution is -0.117. The van der Waals surface area contributed by atoms with Crippen molar-refractivity contribution in [3.63, 3.8) is 0 Å². The molecule has 1 fully saturated rings. The largest absolute Gasteiger partial charge is 0.478 e. The zero-order chi connectivity index (χ0) is 19.8. The van der Waals surface area contributed by atoms with Crippen molar-refractivity contribution >= 4 is 23.3 Å². The van der Waals surface area contributed by atoms with E-state index in [1.807, 2.05) is 24.3 Å². The topological polar surface area (TPSA) is 81.7 Å². The fourth-order valence-corrected chi connectivity index (χ4v) is 3.34. The summed E-state index contributed by atoms with van der Waals surface area (Å²) >= 11 is 0. The number of carboxylic acid groups (broad SMARTS) is 1. The second-order valence-electron chi connectivity index (χ2n) is 7.17. The van der Waals surface area contributed by atoms with E-state index in [0.29, 0.717) is 13.1 Å². The third-order valence-electron chi connectivity index (χ3n) is 4.93. The van der Waals surface area contributed by atoms with Crippen LogP contribution in [0.4, 0.5) is 11.4 Å². The minimum Gasteiger partial charge on any atom is -0.478 e. The highest BCUT2D eigenvalue weighted by Crippen LogP contribution is 2.16. The van der Waals surface area contributed by atoms with Gasteiger partial charge in [-0.3, -0.25) is 9.69 Å². The lowest BCUT2D eigenvalue weighted by Gasteiger charge is -2.19. The number of amides is 1. The van der Waals surface area contributed by atoms with E-state index in [9.17, 15) is 9.59 Å². The van der Waals surface area contributed by atoms with E-state index in [4.69, 9.17) is 5.11 Å². The smallest absolute Gasteiger partial charge is 0.335 e. The molecule has 0 spiro atoms. The van der Waals surface area contributed by atoms with Gasteiger partial charge in [0.15, 0.2) is 0 Å². The molecule has 3 N–H and O–H groups in total. The summed E-state index contributed by atoms with van der Waals surface area (Å²) in [4.78, 5) is 25.4. The second-order valence-corrected chi connectivity index (χ2v) is 7.17. The van der Waals surface area contributed by atoms with E-state index < -0.39 is 5.97 Å². The number of likely N-dealkylation sites (tertiary alicyclic amines) is 1. The maximum atomic E-state index is 12.3. The van der Waals surface area contributed by atoms with E-state index in [0.717, 1.165) is 30.0 Å². The van der Waals surface area contributed by atoms with Gasteiger partial charge in [0.25, 0.3) is 0 Å². The third-order valence-corrected chi connectivity index (χ3v) is 4.93. The number of hydrogen-bond donors (Lipinski definition) is 3. The molecule has 0 saturated carbocycles. The first-order chi connectivity index (χ1) is 13.6. The van der Waals surface area contributed by atoms with Crippen molar-refractivity contribution in [2.75, 3.05) is 30.3 Å². The summed E-state index contributed by atoms with van der Waals surface area (Å²) in [5.74, 6) is -0.894. The molecular formula is C22H27N3O3. The molecule has 148 valence electrons. The molecule has 0 radical (unpaired) electrons. The molecular weight excluding hydrogens is 354 g/mol. The molecule has 3 rings (SSSR count). The van der Waals surface area contributed by atoms with Gasteiger partial charge in [0.2, 0.25) is 5.91 Å². The van der Waals surface area contributed by atoms with Gasteiger partial charge in [-0.25, -0.2) is 4.79 Å². The lowest BCUT2D eigenvalue weighted by atomic mass is 10.1. The second kappa shape index (κ2) is 9.90. The molecule has 0 aliphatic carbocycles. The molecule has 6 heteroatoms. The minimum absolute atomic E-state index is 0.0288. The average molecular weight is 381 g/mol. The summed E-state index contributed by atoms with van der Waals surface area (Å²) in [6.07, 6.45) is 4.87. The standard InChI is InChI=1S/C22H27N3O3/c26-21(16-25-13-3-1-2-4-14-25)24-20-11-9-19(10-12-20)23-15-17-5-7-18(8-6-17)22(27)28/h5-12,23H,1-4,13-16H2,(H,24,26)(H,27,28). The number of aromatic carboxylic acids is 1. The van der Waals surface area contributed by atoms with Crippen LogP contribution in [0.3, 0.4) is 0 Å². The monoisotopic (exact) mass is 381 g/mol. The Balaban J connectivity index is 1.46. The van der Waals surface area contributed by atoms with Crippen LogP contribution >= 0.6 is 0 Å². The van der Waals surface area contributed by atoms with Gasteiger partial charge in [-0.2, -0.15) is 0 Å². The van der Waals surface area contributed by atoms with Crippen molar-refractivity contribution in [3.8, 4) is 0 Å². The minimum atomic E-state index is -0.923. The van der Waals surface area contributed by atoms with Crippen LogP contribution in [0.2, 0.25) is 0 Å². The van der Waals surface area contributed by atoms with Gasteiger partial charge >= 0.3 is 5.97 Å². The van der Waals surface area contributed by atoms with Crippen molar-refractivity contribution in [2.45, 2.75) is 32.2 Å². The van der Waals surface area contributed by atoms with E-state index >= 15 is 0 Å². The lowest BCUT2D eigenvalue weighted by Crippen LogP contribution is -2.33. The zero-order valence-corrected chi connectivity index (χ0v) is 16.0. The summed E-state index contributed by atoms with van der Waals surface area (Å²) in [6.45, 7) is 3.06. The van der Waals surface area contributed by atoms with Crippen LogP contribution in [0.25, 0.3) is 0 Å². The highest BCUT2D eigenvalue weighted by molar-refractivity contribution is 5.92. The fourth-order valence-electron chi connectivity index (χ4n) is 3.34. The number of nitrogens with one attached hydrogen (secondary N) is 2. The van der Waals surface area contributed by atoms with Crippen LogP contribution in [0.5, 0.6) is 0 Å². The van der Waals surface area contributed by atoms with Crippen molar-refractivity contribution in [2.24, 2.45) is 0 Å². The first-order valence-electron chi connectivity index (χ1n) is 9.78. The number of carbonyl (C=O) groups excluding carboxylic acids is 1. The van der Waals surface area contributed by atoms with Crippen LogP contribution in [-0.4, -0.2) is 41.5 Å². The Morgan fingerprint density at radius 1 is 0.857 bits per heavy atom. The van der Waals surface area contributed by atoms with Crippen molar-refractivity contribution in [1.29, 1.82) is 0 Å². The van der Waals surface area contributed by atoms with Gasteiger partial charge in [-0.05, 0) is 67.9 Å². The maximum absolute atomic E-state index is 12.3. The summed E-state index contributed by atoms with van der Waals surface area (Å²) in [5.41, 5.74) is 3.01. The molecule has 2 aromatic rings. The predicted octanol–water partition coefficient (Wildman–Crippen LogP) is 3.81. The predicted molar refractivity (Wildman–Crippen MR) is 111 cm³/mol. The van der Waals surface area contributed by atoms with Gasteiger partial charge in [-0.15, -0.1) is 0 Å². The summed E-state index contributed by atoms with van der Waals surface area (Å²) < 4.78 is 0. The van der Waals surface area contributed by atoms with Crippen molar-refractivity contribution in [3.05, 3.63) is 59.7 Å². The Hall–Kier alpha value is -2.86. The maximum Gasteiger partial charge on any atom is 0.335 e. The van der Waals surface area contributed by atoms with E-state index in [1.54, 1.807) is 24.3 Å². The summed E-state index contributed by atoms with van der Waals surface area (Å²) in [6, 6.07) is 14.4. The molecule has 1 heterocycles. The molecule has 1 amide bonds. The molecule has 1 aliphatic rings. The number of rotatable bonds is 7. The number of anilines is 2. The van der Waals surface area contributed by atoms with Crippen LogP contribution in [0.15, 0.2) is 48.5 Å². The molecule has 0 bridgehead atoms. The van der Waals surface area contributed by atoms with Crippen molar-refractivity contribution in [1.82, 2.24) is 4.90 Å². The number of hydrogen-bond acceptors (Lipinski definition) is 4. The first kappa shape index (κ1) is 19.9. The van der Waals surface area contributed by atoms with Crippen molar-refractivity contribution < 1.29 is 14.7 Å². The zero-order valence-electron chi connectivity index (χ0n) is 16.0. The van der Waals surface area contributed by atoms with E-state index in [-0.39, 0.29) is 11.5 Å². The Morgan fingerprint density at radius 3 is 2.07 bits per heavy atom. The molecule has 28 heavy (non-hydrogen) atoms. The van der Waals surface area contributed by atoms with Crippen LogP contribution in [-0.2, 0) is 11.3 Å². The molecule has 0 atom stereocenters. The first-order valence-corrected chi connectivity index (χ1v) is 9.78. The number of benzene rings is 2. The number of nitrogens with zero attached hydrogens (tertiary/aromatic N) is 1. The highest BCUT2D eigenvalue weighted by Gasteiger charge is 2.13. The molecule has 2 aromatic carbocycles. The summed E-state index contributed by atoms with van der Waals surface area (Å²) in [5, 5.41) is 15.2. The van der Waals surface area contributed by atoms with Crippen LogP contribution in [0.1, 0.15) is 41.6 Å². The van der Waals surface area contributed by atoms with Gasteiger partial charge in [0.1, 0.15) is 0 Å². The SMILES string of the molecule is O=C(CN1CCCCCC1)Nc1ccc(NCc2ccc(C(=O)O)cc2)cc1. The van der Waals surface area contributed by atoms with E-state index in [1.165, 1.54) is 25.7 Å². The molecule has 0 aromatic heterocycles. The highest BCUT2D eigenvalue weighted by atomic mass is 16.4. The third kappa shape index (κ3) is 6.09. The Labute approximate surface area is 165 Å². The van der Waals surface area contributed by atoms with Gasteiger partial charge in [0.05, 0.1) is 12.1 Å². The number of carbonyl (C=O) groups is 2. The van der Waals surface area contributed by atoms with E-state index in [2.05, 4.69) is 15.5 Å². The van der Waals surface area contributed by atoms with Gasteiger partial charge < -0.3 is 15.7 Å².